The predicted octanol–water partition coefficient (Wildman–Crippen LogP) is 4.38. The number of alkyl halides is 5. The van der Waals surface area contributed by atoms with E-state index >= 15 is 0 Å². The van der Waals surface area contributed by atoms with Crippen LogP contribution in [0.15, 0.2) is 28.7 Å². The Balaban J connectivity index is 1.88. The zero-order chi connectivity index (χ0) is 19.1. The van der Waals surface area contributed by atoms with Crippen LogP contribution in [0, 0.1) is 0 Å². The highest BCUT2D eigenvalue weighted by atomic mass is 19.4. The summed E-state index contributed by atoms with van der Waals surface area (Å²) in [7, 11) is 0. The molecule has 1 unspecified atom stereocenters. The van der Waals surface area contributed by atoms with Crippen molar-refractivity contribution in [3.05, 3.63) is 41.3 Å². The first-order valence-corrected chi connectivity index (χ1v) is 7.77. The summed E-state index contributed by atoms with van der Waals surface area (Å²) in [5.41, 5.74) is -1.23. The van der Waals surface area contributed by atoms with E-state index in [1.807, 2.05) is 0 Å². The van der Waals surface area contributed by atoms with Crippen molar-refractivity contribution in [1.29, 1.82) is 0 Å². The number of anilines is 1. The van der Waals surface area contributed by atoms with Crippen molar-refractivity contribution in [3.63, 3.8) is 0 Å². The van der Waals surface area contributed by atoms with Gasteiger partial charge in [-0.25, -0.2) is 0 Å². The molecule has 2 aromatic rings. The van der Waals surface area contributed by atoms with Crippen molar-refractivity contribution in [2.75, 3.05) is 18.0 Å². The second kappa shape index (κ2) is 6.49. The Morgan fingerprint density at radius 3 is 2.58 bits per heavy atom. The van der Waals surface area contributed by atoms with E-state index in [-0.39, 0.29) is 19.1 Å². The van der Waals surface area contributed by atoms with E-state index in [1.54, 1.807) is 13.8 Å². The molecule has 1 aromatic heterocycles. The zero-order valence-corrected chi connectivity index (χ0v) is 13.9. The van der Waals surface area contributed by atoms with Crippen molar-refractivity contribution in [2.45, 2.75) is 38.2 Å². The van der Waals surface area contributed by atoms with E-state index in [2.05, 4.69) is 10.2 Å². The first kappa shape index (κ1) is 18.6. The molecular weight excluding hydrogens is 361 g/mol. The third-order valence-corrected chi connectivity index (χ3v) is 3.89. The maximum absolute atomic E-state index is 13.0. The Bertz CT molecular complexity index is 775. The van der Waals surface area contributed by atoms with Crippen LogP contribution in [0.5, 0.6) is 0 Å². The molecule has 5 nitrogen and oxygen atoms in total. The molecule has 142 valence electrons. The smallest absolute Gasteiger partial charge is 0.402 e. The minimum Gasteiger partial charge on any atom is -0.402 e. The SMILES string of the molecule is CC1(C)CN(c2nnc(C(F)F)o2)CC(c2cccc(C(F)(F)F)c2)O1. The van der Waals surface area contributed by atoms with E-state index in [1.165, 1.54) is 17.0 Å². The number of hydrogen-bond donors (Lipinski definition) is 0. The van der Waals surface area contributed by atoms with Gasteiger partial charge in [-0.1, -0.05) is 17.2 Å². The lowest BCUT2D eigenvalue weighted by atomic mass is 10.00. The highest BCUT2D eigenvalue weighted by Gasteiger charge is 2.38. The number of hydrogen-bond acceptors (Lipinski definition) is 5. The molecule has 10 heteroatoms. The third-order valence-electron chi connectivity index (χ3n) is 3.89. The highest BCUT2D eigenvalue weighted by molar-refractivity contribution is 5.33. The lowest BCUT2D eigenvalue weighted by Gasteiger charge is -2.42. The van der Waals surface area contributed by atoms with E-state index in [4.69, 9.17) is 9.15 Å². The fraction of sp³-hybridized carbons (Fsp3) is 0.500. The second-order valence-electron chi connectivity index (χ2n) is 6.59. The Labute approximate surface area is 145 Å². The minimum absolute atomic E-state index is 0.0929. The number of rotatable bonds is 3. The highest BCUT2D eigenvalue weighted by Crippen LogP contribution is 2.36. The minimum atomic E-state index is -4.47. The molecule has 1 aliphatic rings. The van der Waals surface area contributed by atoms with Gasteiger partial charge in [0.15, 0.2) is 0 Å². The summed E-state index contributed by atoms with van der Waals surface area (Å²) in [6.45, 7) is 3.83. The zero-order valence-electron chi connectivity index (χ0n) is 13.9. The number of halogens is 5. The van der Waals surface area contributed by atoms with Crippen molar-refractivity contribution >= 4 is 6.01 Å². The molecule has 3 rings (SSSR count). The summed E-state index contributed by atoms with van der Waals surface area (Å²) in [5.74, 6) is -0.806. The lowest BCUT2D eigenvalue weighted by molar-refractivity contribution is -0.137. The van der Waals surface area contributed by atoms with Crippen LogP contribution >= 0.6 is 0 Å². The van der Waals surface area contributed by atoms with Crippen LogP contribution in [0.3, 0.4) is 0 Å². The topological polar surface area (TPSA) is 51.4 Å². The van der Waals surface area contributed by atoms with Crippen molar-refractivity contribution in [3.8, 4) is 0 Å². The van der Waals surface area contributed by atoms with E-state index in [0.29, 0.717) is 5.56 Å². The molecule has 1 atom stereocenters. The van der Waals surface area contributed by atoms with Crippen LogP contribution in [0.4, 0.5) is 28.0 Å². The lowest BCUT2D eigenvalue weighted by Crippen LogP contribution is -2.49. The summed E-state index contributed by atoms with van der Waals surface area (Å²) in [6.07, 6.45) is -8.09. The second-order valence-corrected chi connectivity index (χ2v) is 6.59. The first-order valence-electron chi connectivity index (χ1n) is 7.77. The molecule has 1 saturated heterocycles. The molecule has 0 amide bonds. The molecule has 0 aliphatic carbocycles. The van der Waals surface area contributed by atoms with Gasteiger partial charge in [-0.3, -0.25) is 0 Å². The molecule has 0 spiro atoms. The van der Waals surface area contributed by atoms with Crippen LogP contribution in [0.1, 0.15) is 43.4 Å². The standard InChI is InChI=1S/C16H16F5N3O2/c1-15(2)8-24(14-23-22-13(25-14)12(17)18)7-11(26-15)9-4-3-5-10(6-9)16(19,20)21/h3-6,11-12H,7-8H2,1-2H3. The molecule has 0 saturated carbocycles. The van der Waals surface area contributed by atoms with Crippen LogP contribution in [-0.4, -0.2) is 28.9 Å². The number of benzene rings is 1. The van der Waals surface area contributed by atoms with Gasteiger partial charge in [-0.05, 0) is 31.5 Å². The number of morpholine rings is 1. The van der Waals surface area contributed by atoms with Gasteiger partial charge < -0.3 is 14.1 Å². The monoisotopic (exact) mass is 377 g/mol. The third kappa shape index (κ3) is 3.95. The summed E-state index contributed by atoms with van der Waals surface area (Å²) < 4.78 is 75.0. The Morgan fingerprint density at radius 1 is 1.23 bits per heavy atom. The largest absolute Gasteiger partial charge is 0.416 e. The Morgan fingerprint density at radius 2 is 1.96 bits per heavy atom. The van der Waals surface area contributed by atoms with Gasteiger partial charge in [0.2, 0.25) is 0 Å². The fourth-order valence-electron chi connectivity index (χ4n) is 2.86. The summed E-state index contributed by atoms with van der Waals surface area (Å²) >= 11 is 0. The number of ether oxygens (including phenoxy) is 1. The van der Waals surface area contributed by atoms with Crippen molar-refractivity contribution < 1.29 is 31.1 Å². The molecule has 1 fully saturated rings. The fourth-order valence-corrected chi connectivity index (χ4v) is 2.86. The normalized spacial score (nSPS) is 20.6. The van der Waals surface area contributed by atoms with Crippen LogP contribution in [0.2, 0.25) is 0 Å². The van der Waals surface area contributed by atoms with Gasteiger partial charge in [0.1, 0.15) is 6.10 Å². The van der Waals surface area contributed by atoms with Gasteiger partial charge in [-0.15, -0.1) is 5.10 Å². The molecule has 1 aliphatic heterocycles. The average molecular weight is 377 g/mol. The van der Waals surface area contributed by atoms with Crippen molar-refractivity contribution in [2.24, 2.45) is 0 Å². The van der Waals surface area contributed by atoms with Crippen LogP contribution < -0.4 is 4.90 Å². The molecule has 0 radical (unpaired) electrons. The summed E-state index contributed by atoms with van der Waals surface area (Å²) in [5, 5.41) is 6.89. The summed E-state index contributed by atoms with van der Waals surface area (Å²) in [6, 6.07) is 4.70. The quantitative estimate of drug-likeness (QED) is 0.743. The van der Waals surface area contributed by atoms with Crippen LogP contribution in [-0.2, 0) is 10.9 Å². The number of nitrogens with zero attached hydrogens (tertiary/aromatic N) is 3. The molecule has 1 aromatic carbocycles. The molecule has 0 N–H and O–H groups in total. The van der Waals surface area contributed by atoms with Gasteiger partial charge in [0.05, 0.1) is 24.3 Å². The number of aromatic nitrogens is 2. The van der Waals surface area contributed by atoms with Crippen molar-refractivity contribution in [1.82, 2.24) is 10.2 Å². The van der Waals surface area contributed by atoms with Gasteiger partial charge in [-0.2, -0.15) is 22.0 Å². The van der Waals surface area contributed by atoms with Gasteiger partial charge in [0.25, 0.3) is 5.89 Å². The van der Waals surface area contributed by atoms with E-state index in [0.717, 1.165) is 12.1 Å². The first-order chi connectivity index (χ1) is 12.0. The van der Waals surface area contributed by atoms with Crippen LogP contribution in [0.25, 0.3) is 0 Å². The Hall–Kier alpha value is -2.23. The molecule has 26 heavy (non-hydrogen) atoms. The Kier molecular flexibility index (Phi) is 4.63. The molecular formula is C16H16F5N3O2. The maximum atomic E-state index is 13.0. The maximum Gasteiger partial charge on any atom is 0.416 e. The van der Waals surface area contributed by atoms with Gasteiger partial charge >= 0.3 is 18.6 Å². The van der Waals surface area contributed by atoms with E-state index in [9.17, 15) is 22.0 Å². The average Bonchev–Trinajstić information content (AvgIpc) is 3.03. The molecule has 0 bridgehead atoms. The predicted molar refractivity (Wildman–Crippen MR) is 80.8 cm³/mol. The van der Waals surface area contributed by atoms with E-state index < -0.39 is 35.8 Å². The summed E-state index contributed by atoms with van der Waals surface area (Å²) in [4.78, 5) is 1.54. The van der Waals surface area contributed by atoms with Gasteiger partial charge in [0, 0.05) is 0 Å². The molecule has 2 heterocycles.